The molecule has 2 heterocycles. The van der Waals surface area contributed by atoms with Crippen LogP contribution in [-0.2, 0) is 11.8 Å². The Morgan fingerprint density at radius 2 is 2.13 bits per heavy atom. The molecule has 0 unspecified atom stereocenters. The average Bonchev–Trinajstić information content (AvgIpc) is 3.18. The van der Waals surface area contributed by atoms with E-state index >= 15 is 0 Å². The molecule has 1 fully saturated rings. The number of halogens is 1. The van der Waals surface area contributed by atoms with Gasteiger partial charge in [-0.1, -0.05) is 0 Å². The first kappa shape index (κ1) is 15.7. The van der Waals surface area contributed by atoms with E-state index in [1.165, 1.54) is 12.1 Å². The maximum atomic E-state index is 13.1. The Morgan fingerprint density at radius 3 is 2.74 bits per heavy atom. The SMILES string of the molecule is CCN(C(=O)[C@H]1CNC[C@@H]1c1cnn(C)c1)c1ccc(F)cc1. The van der Waals surface area contributed by atoms with Crippen LogP contribution < -0.4 is 10.2 Å². The fourth-order valence-corrected chi connectivity index (χ4v) is 3.21. The van der Waals surface area contributed by atoms with Crippen molar-refractivity contribution in [3.8, 4) is 0 Å². The zero-order valence-corrected chi connectivity index (χ0v) is 13.4. The third-order valence-corrected chi connectivity index (χ3v) is 4.40. The van der Waals surface area contributed by atoms with Crippen LogP contribution in [0.15, 0.2) is 36.7 Å². The summed E-state index contributed by atoms with van der Waals surface area (Å²) in [5.74, 6) is -0.249. The monoisotopic (exact) mass is 316 g/mol. The highest BCUT2D eigenvalue weighted by molar-refractivity contribution is 5.96. The van der Waals surface area contributed by atoms with Crippen molar-refractivity contribution >= 4 is 11.6 Å². The molecule has 6 heteroatoms. The lowest BCUT2D eigenvalue weighted by molar-refractivity contribution is -0.122. The van der Waals surface area contributed by atoms with E-state index in [0.717, 1.165) is 17.8 Å². The van der Waals surface area contributed by atoms with Crippen molar-refractivity contribution in [1.82, 2.24) is 15.1 Å². The van der Waals surface area contributed by atoms with Gasteiger partial charge in [0.05, 0.1) is 12.1 Å². The van der Waals surface area contributed by atoms with Crippen molar-refractivity contribution in [1.29, 1.82) is 0 Å². The third kappa shape index (κ3) is 3.12. The second-order valence-corrected chi connectivity index (χ2v) is 5.88. The second-order valence-electron chi connectivity index (χ2n) is 5.88. The Balaban J connectivity index is 1.83. The molecule has 1 saturated heterocycles. The van der Waals surface area contributed by atoms with Crippen LogP contribution in [0.4, 0.5) is 10.1 Å². The molecule has 0 radical (unpaired) electrons. The number of amides is 1. The van der Waals surface area contributed by atoms with Crippen molar-refractivity contribution in [3.05, 3.63) is 48.0 Å². The van der Waals surface area contributed by atoms with Gasteiger partial charge in [-0.2, -0.15) is 5.10 Å². The van der Waals surface area contributed by atoms with Crippen molar-refractivity contribution < 1.29 is 9.18 Å². The molecule has 1 aromatic heterocycles. The van der Waals surface area contributed by atoms with Crippen LogP contribution in [-0.4, -0.2) is 35.3 Å². The quantitative estimate of drug-likeness (QED) is 0.937. The van der Waals surface area contributed by atoms with E-state index in [2.05, 4.69) is 10.4 Å². The average molecular weight is 316 g/mol. The number of rotatable bonds is 4. The van der Waals surface area contributed by atoms with Gasteiger partial charge in [0.15, 0.2) is 0 Å². The number of nitrogens with one attached hydrogen (secondary N) is 1. The van der Waals surface area contributed by atoms with Crippen molar-refractivity contribution in [3.63, 3.8) is 0 Å². The molecule has 1 aromatic carbocycles. The number of nitrogens with zero attached hydrogens (tertiary/aromatic N) is 3. The van der Waals surface area contributed by atoms with E-state index < -0.39 is 0 Å². The van der Waals surface area contributed by atoms with Crippen LogP contribution in [0, 0.1) is 11.7 Å². The molecule has 1 N–H and O–H groups in total. The second kappa shape index (κ2) is 6.50. The van der Waals surface area contributed by atoms with Gasteiger partial charge in [0, 0.05) is 44.5 Å². The molecule has 1 aliphatic rings. The highest BCUT2D eigenvalue weighted by Gasteiger charge is 2.37. The zero-order valence-electron chi connectivity index (χ0n) is 13.4. The van der Waals surface area contributed by atoms with Crippen LogP contribution in [0.2, 0.25) is 0 Å². The van der Waals surface area contributed by atoms with Gasteiger partial charge >= 0.3 is 0 Å². The summed E-state index contributed by atoms with van der Waals surface area (Å²) < 4.78 is 14.9. The van der Waals surface area contributed by atoms with Gasteiger partial charge < -0.3 is 10.2 Å². The summed E-state index contributed by atoms with van der Waals surface area (Å²) in [4.78, 5) is 14.7. The number of carbonyl (C=O) groups excluding carboxylic acids is 1. The minimum atomic E-state index is -0.298. The first-order valence-electron chi connectivity index (χ1n) is 7.86. The fraction of sp³-hybridized carbons (Fsp3) is 0.412. The molecule has 0 saturated carbocycles. The van der Waals surface area contributed by atoms with Crippen LogP contribution >= 0.6 is 0 Å². The molecule has 3 rings (SSSR count). The Hall–Kier alpha value is -2.21. The van der Waals surface area contributed by atoms with Crippen LogP contribution in [0.5, 0.6) is 0 Å². The standard InChI is InChI=1S/C17H21FN4O/c1-3-22(14-6-4-13(18)5-7-14)17(23)16-10-19-9-15(16)12-8-20-21(2)11-12/h4-8,11,15-16,19H,3,9-10H2,1-2H3/t15-,16+/m1/s1. The predicted molar refractivity (Wildman–Crippen MR) is 86.7 cm³/mol. The van der Waals surface area contributed by atoms with E-state index in [9.17, 15) is 9.18 Å². The van der Waals surface area contributed by atoms with Gasteiger partial charge in [0.2, 0.25) is 5.91 Å². The molecule has 0 bridgehead atoms. The molecule has 2 atom stereocenters. The summed E-state index contributed by atoms with van der Waals surface area (Å²) >= 11 is 0. The lowest BCUT2D eigenvalue weighted by Gasteiger charge is -2.26. The van der Waals surface area contributed by atoms with E-state index in [1.54, 1.807) is 21.7 Å². The molecular formula is C17H21FN4O. The molecular weight excluding hydrogens is 295 g/mol. The number of hydrogen-bond acceptors (Lipinski definition) is 3. The molecule has 122 valence electrons. The zero-order chi connectivity index (χ0) is 16.4. The van der Waals surface area contributed by atoms with Gasteiger partial charge in [-0.05, 0) is 36.8 Å². The molecule has 5 nitrogen and oxygen atoms in total. The third-order valence-electron chi connectivity index (χ3n) is 4.40. The fourth-order valence-electron chi connectivity index (χ4n) is 3.21. The summed E-state index contributed by atoms with van der Waals surface area (Å²) in [6.07, 6.45) is 3.79. The van der Waals surface area contributed by atoms with Crippen molar-refractivity contribution in [2.24, 2.45) is 13.0 Å². The molecule has 23 heavy (non-hydrogen) atoms. The lowest BCUT2D eigenvalue weighted by Crippen LogP contribution is -2.38. The number of anilines is 1. The molecule has 0 spiro atoms. The molecule has 0 aliphatic carbocycles. The Labute approximate surface area is 135 Å². The van der Waals surface area contributed by atoms with Gasteiger partial charge in [0.1, 0.15) is 5.82 Å². The Bertz CT molecular complexity index is 682. The first-order valence-corrected chi connectivity index (χ1v) is 7.86. The van der Waals surface area contributed by atoms with E-state index in [1.807, 2.05) is 26.4 Å². The largest absolute Gasteiger partial charge is 0.315 e. The summed E-state index contributed by atoms with van der Waals surface area (Å²) in [6, 6.07) is 6.07. The van der Waals surface area contributed by atoms with Crippen molar-refractivity contribution in [2.45, 2.75) is 12.8 Å². The van der Waals surface area contributed by atoms with E-state index in [4.69, 9.17) is 0 Å². The molecule has 1 amide bonds. The van der Waals surface area contributed by atoms with Crippen LogP contribution in [0.1, 0.15) is 18.4 Å². The van der Waals surface area contributed by atoms with Crippen LogP contribution in [0.25, 0.3) is 0 Å². The van der Waals surface area contributed by atoms with E-state index in [0.29, 0.717) is 13.1 Å². The van der Waals surface area contributed by atoms with Gasteiger partial charge in [-0.25, -0.2) is 4.39 Å². The summed E-state index contributed by atoms with van der Waals surface area (Å²) in [5, 5.41) is 7.52. The van der Waals surface area contributed by atoms with E-state index in [-0.39, 0.29) is 23.6 Å². The van der Waals surface area contributed by atoms with Gasteiger partial charge in [-0.15, -0.1) is 0 Å². The highest BCUT2D eigenvalue weighted by Crippen LogP contribution is 2.30. The predicted octanol–water partition coefficient (Wildman–Crippen LogP) is 1.92. The van der Waals surface area contributed by atoms with Crippen LogP contribution in [0.3, 0.4) is 0 Å². The Kier molecular flexibility index (Phi) is 4.43. The molecule has 2 aromatic rings. The Morgan fingerprint density at radius 1 is 1.39 bits per heavy atom. The number of aromatic nitrogens is 2. The summed E-state index contributed by atoms with van der Waals surface area (Å²) in [7, 11) is 1.87. The summed E-state index contributed by atoms with van der Waals surface area (Å²) in [6.45, 7) is 3.91. The normalized spacial score (nSPS) is 20.7. The number of hydrogen-bond donors (Lipinski definition) is 1. The summed E-state index contributed by atoms with van der Waals surface area (Å²) in [5.41, 5.74) is 1.81. The topological polar surface area (TPSA) is 50.2 Å². The van der Waals surface area contributed by atoms with Gasteiger partial charge in [0.25, 0.3) is 0 Å². The molecule has 1 aliphatic heterocycles. The number of benzene rings is 1. The number of carbonyl (C=O) groups is 1. The maximum Gasteiger partial charge on any atom is 0.232 e. The van der Waals surface area contributed by atoms with Gasteiger partial charge in [-0.3, -0.25) is 9.48 Å². The highest BCUT2D eigenvalue weighted by atomic mass is 19.1. The minimum absolute atomic E-state index is 0.0676. The minimum Gasteiger partial charge on any atom is -0.315 e. The van der Waals surface area contributed by atoms with Crippen molar-refractivity contribution in [2.75, 3.05) is 24.5 Å². The lowest BCUT2D eigenvalue weighted by atomic mass is 9.89. The smallest absolute Gasteiger partial charge is 0.232 e. The maximum absolute atomic E-state index is 13.1. The first-order chi connectivity index (χ1) is 11.1. The number of aryl methyl sites for hydroxylation is 1.